The number of halogens is 1. The van der Waals surface area contributed by atoms with Crippen LogP contribution >= 0.6 is 0 Å². The summed E-state index contributed by atoms with van der Waals surface area (Å²) in [7, 11) is 0. The van der Waals surface area contributed by atoms with Crippen molar-refractivity contribution in [3.8, 4) is 0 Å². The minimum Gasteiger partial charge on any atom is -1.00 e. The van der Waals surface area contributed by atoms with Gasteiger partial charge in [0, 0.05) is 6.54 Å². The second-order valence-corrected chi connectivity index (χ2v) is 4.71. The van der Waals surface area contributed by atoms with Crippen LogP contribution in [0.5, 0.6) is 0 Å². The van der Waals surface area contributed by atoms with Crippen LogP contribution in [0.15, 0.2) is 24.3 Å². The largest absolute Gasteiger partial charge is 1.00 e. The fourth-order valence-corrected chi connectivity index (χ4v) is 2.29. The molecule has 1 aromatic carbocycles. The number of hydrogen-bond donors (Lipinski definition) is 0. The maximum absolute atomic E-state index is 11.7. The van der Waals surface area contributed by atoms with Gasteiger partial charge in [-0.3, -0.25) is 9.59 Å². The number of ether oxygens (including phenoxy) is 2. The number of hydrogen-bond acceptors (Lipinski definition) is 5. The molecule has 0 spiro atoms. The molecule has 0 fully saturated rings. The topological polar surface area (TPSA) is 102 Å². The Bertz CT molecular complexity index is 672. The number of fused-ring (bicyclic) bond motifs is 1. The number of carbonyl (C=O) groups is 2. The Kier molecular flexibility index (Phi) is 9.68. The minimum atomic E-state index is -0.324. The van der Waals surface area contributed by atoms with E-state index in [2.05, 4.69) is 4.98 Å². The molecule has 8 heteroatoms. The van der Waals surface area contributed by atoms with Crippen LogP contribution in [0.4, 0.5) is 0 Å². The predicted molar refractivity (Wildman–Crippen MR) is 84.9 cm³/mol. The van der Waals surface area contributed by atoms with Crippen molar-refractivity contribution in [2.75, 3.05) is 13.2 Å². The van der Waals surface area contributed by atoms with Gasteiger partial charge in [-0.1, -0.05) is 12.1 Å². The van der Waals surface area contributed by atoms with Gasteiger partial charge in [-0.05, 0) is 26.0 Å². The first-order chi connectivity index (χ1) is 10.7. The molecular weight excluding hydrogens is 336 g/mol. The van der Waals surface area contributed by atoms with Gasteiger partial charge in [0.1, 0.15) is 12.2 Å². The smallest absolute Gasteiger partial charge is 0.313 e. The van der Waals surface area contributed by atoms with Crippen molar-refractivity contribution in [1.82, 2.24) is 9.55 Å². The summed E-state index contributed by atoms with van der Waals surface area (Å²) >= 11 is 0. The molecule has 2 N–H and O–H groups in total. The number of carbonyl (C=O) groups excluding carboxylic acids is 2. The first kappa shape index (κ1) is 21.9. The average molecular weight is 358 g/mol. The van der Waals surface area contributed by atoms with Gasteiger partial charge in [-0.15, -0.1) is 0 Å². The third kappa shape index (κ3) is 5.50. The summed E-state index contributed by atoms with van der Waals surface area (Å²) in [5.41, 5.74) is 1.69. The zero-order chi connectivity index (χ0) is 15.9. The molecule has 0 radical (unpaired) electrons. The van der Waals surface area contributed by atoms with Gasteiger partial charge in [-0.25, -0.2) is 4.98 Å². The van der Waals surface area contributed by atoms with Gasteiger partial charge >= 0.3 is 11.9 Å². The molecule has 0 unspecified atom stereocenters. The summed E-state index contributed by atoms with van der Waals surface area (Å²) < 4.78 is 11.8. The van der Waals surface area contributed by atoms with Gasteiger partial charge in [0.05, 0.1) is 30.7 Å². The van der Waals surface area contributed by atoms with E-state index >= 15 is 0 Å². The van der Waals surface area contributed by atoms with E-state index in [1.165, 1.54) is 0 Å². The molecule has 1 aromatic heterocycles. The number of para-hydroxylation sites is 2. The summed E-state index contributed by atoms with van der Waals surface area (Å²) in [6.45, 7) is 4.66. The summed E-state index contributed by atoms with van der Waals surface area (Å²) in [5.74, 6) is 0.0153. The van der Waals surface area contributed by atoms with E-state index in [1.807, 2.05) is 28.8 Å². The van der Waals surface area contributed by atoms with Crippen LogP contribution in [-0.2, 0) is 32.0 Å². The molecule has 0 aliphatic carbocycles. The fourth-order valence-electron chi connectivity index (χ4n) is 2.29. The van der Waals surface area contributed by atoms with Crippen LogP contribution in [0.2, 0.25) is 0 Å². The quantitative estimate of drug-likeness (QED) is 0.548. The van der Waals surface area contributed by atoms with Crippen molar-refractivity contribution in [3.63, 3.8) is 0 Å². The highest BCUT2D eigenvalue weighted by Crippen LogP contribution is 2.17. The van der Waals surface area contributed by atoms with Gasteiger partial charge in [0.15, 0.2) is 0 Å². The molecular formula is C16H22ClN2O5-. The number of nitrogens with zero attached hydrogens (tertiary/aromatic N) is 2. The predicted octanol–water partition coefficient (Wildman–Crippen LogP) is -1.73. The molecule has 24 heavy (non-hydrogen) atoms. The summed E-state index contributed by atoms with van der Waals surface area (Å²) in [6, 6.07) is 7.59. The number of esters is 2. The minimum absolute atomic E-state index is 0. The van der Waals surface area contributed by atoms with Crippen molar-refractivity contribution in [1.29, 1.82) is 0 Å². The number of rotatable bonds is 7. The normalized spacial score (nSPS) is 9.75. The highest BCUT2D eigenvalue weighted by Gasteiger charge is 2.15. The van der Waals surface area contributed by atoms with Crippen molar-refractivity contribution in [2.24, 2.45) is 0 Å². The zero-order valence-electron chi connectivity index (χ0n) is 13.8. The SMILES string of the molecule is CCOC(=O)CCn1c(CC(=O)OCC)nc2ccccc21.O.[Cl-]. The summed E-state index contributed by atoms with van der Waals surface area (Å²) in [5, 5.41) is 0. The summed E-state index contributed by atoms with van der Waals surface area (Å²) in [4.78, 5) is 27.7. The lowest BCUT2D eigenvalue weighted by Crippen LogP contribution is -3.00. The van der Waals surface area contributed by atoms with Crippen LogP contribution in [-0.4, -0.2) is 40.2 Å². The Morgan fingerprint density at radius 1 is 1.08 bits per heavy atom. The van der Waals surface area contributed by atoms with E-state index in [0.29, 0.717) is 25.6 Å². The van der Waals surface area contributed by atoms with Crippen LogP contribution < -0.4 is 12.4 Å². The third-order valence-electron chi connectivity index (χ3n) is 3.19. The molecule has 0 saturated carbocycles. The molecule has 134 valence electrons. The highest BCUT2D eigenvalue weighted by molar-refractivity contribution is 5.79. The molecule has 0 aliphatic heterocycles. The summed E-state index contributed by atoms with van der Waals surface area (Å²) in [6.07, 6.45) is 0.329. The molecule has 0 aliphatic rings. The maximum Gasteiger partial charge on any atom is 0.313 e. The van der Waals surface area contributed by atoms with Crippen molar-refractivity contribution < 1.29 is 36.9 Å². The Labute approximate surface area is 146 Å². The molecule has 2 aromatic rings. The molecule has 2 rings (SSSR count). The van der Waals surface area contributed by atoms with E-state index in [4.69, 9.17) is 9.47 Å². The zero-order valence-corrected chi connectivity index (χ0v) is 14.5. The number of aryl methyl sites for hydroxylation is 1. The second kappa shape index (κ2) is 10.6. The van der Waals surface area contributed by atoms with Crippen LogP contribution in [0.3, 0.4) is 0 Å². The number of imidazole rings is 1. The number of benzene rings is 1. The molecule has 0 atom stereocenters. The number of aromatic nitrogens is 2. The van der Waals surface area contributed by atoms with Crippen LogP contribution in [0.25, 0.3) is 11.0 Å². The van der Waals surface area contributed by atoms with E-state index in [-0.39, 0.29) is 42.7 Å². The van der Waals surface area contributed by atoms with Gasteiger partial charge in [0.2, 0.25) is 0 Å². The monoisotopic (exact) mass is 357 g/mol. The lowest BCUT2D eigenvalue weighted by molar-refractivity contribution is -0.143. The van der Waals surface area contributed by atoms with Crippen molar-refractivity contribution in [2.45, 2.75) is 33.2 Å². The van der Waals surface area contributed by atoms with Crippen molar-refractivity contribution >= 4 is 23.0 Å². The molecule has 7 nitrogen and oxygen atoms in total. The molecule has 1 heterocycles. The average Bonchev–Trinajstić information content (AvgIpc) is 2.83. The van der Waals surface area contributed by atoms with Crippen LogP contribution in [0, 0.1) is 0 Å². The van der Waals surface area contributed by atoms with Crippen LogP contribution in [0.1, 0.15) is 26.1 Å². The highest BCUT2D eigenvalue weighted by atomic mass is 35.5. The first-order valence-electron chi connectivity index (χ1n) is 7.41. The van der Waals surface area contributed by atoms with Gasteiger partial charge < -0.3 is 31.9 Å². The van der Waals surface area contributed by atoms with E-state index in [1.54, 1.807) is 13.8 Å². The first-order valence-corrected chi connectivity index (χ1v) is 7.41. The van der Waals surface area contributed by atoms with Gasteiger partial charge in [0.25, 0.3) is 0 Å². The Hall–Kier alpha value is -2.12. The Morgan fingerprint density at radius 3 is 2.38 bits per heavy atom. The third-order valence-corrected chi connectivity index (χ3v) is 3.19. The van der Waals surface area contributed by atoms with Gasteiger partial charge in [-0.2, -0.15) is 0 Å². The lowest BCUT2D eigenvalue weighted by Gasteiger charge is -2.08. The van der Waals surface area contributed by atoms with Crippen molar-refractivity contribution in [3.05, 3.63) is 30.1 Å². The van der Waals surface area contributed by atoms with E-state index in [0.717, 1.165) is 11.0 Å². The molecule has 0 amide bonds. The second-order valence-electron chi connectivity index (χ2n) is 4.71. The molecule has 0 saturated heterocycles. The Balaban J connectivity index is 0.00000264. The lowest BCUT2D eigenvalue weighted by atomic mass is 10.3. The fraction of sp³-hybridized carbons (Fsp3) is 0.438. The Morgan fingerprint density at radius 2 is 1.71 bits per heavy atom. The van der Waals surface area contributed by atoms with E-state index < -0.39 is 0 Å². The standard InChI is InChI=1S/C16H20N2O4.ClH.H2O/c1-3-21-15(19)9-10-18-13-8-6-5-7-12(13)17-14(18)11-16(20)22-4-2;;/h5-8H,3-4,9-11H2,1-2H3;1H;1H2/p-1. The molecule has 0 bridgehead atoms. The maximum atomic E-state index is 11.7. The van der Waals surface area contributed by atoms with E-state index in [9.17, 15) is 9.59 Å².